The smallest absolute Gasteiger partial charge is 0.250 e. The van der Waals surface area contributed by atoms with Crippen LogP contribution in [0.25, 0.3) is 0 Å². The zero-order valence-corrected chi connectivity index (χ0v) is 8.77. The maximum Gasteiger partial charge on any atom is 0.250 e. The summed E-state index contributed by atoms with van der Waals surface area (Å²) < 4.78 is 4.98. The third kappa shape index (κ3) is 3.56. The summed E-state index contributed by atoms with van der Waals surface area (Å²) >= 11 is 0. The third-order valence-electron chi connectivity index (χ3n) is 1.79. The molecule has 1 rings (SSSR count). The predicted molar refractivity (Wildman–Crippen MR) is 60.8 cm³/mol. The zero-order chi connectivity index (χ0) is 11.8. The fourth-order valence-electron chi connectivity index (χ4n) is 1.11. The summed E-state index contributed by atoms with van der Waals surface area (Å²) in [6.07, 6.45) is 1.57. The van der Waals surface area contributed by atoms with E-state index in [4.69, 9.17) is 10.00 Å². The first-order valence-electron chi connectivity index (χ1n) is 4.75. The largest absolute Gasteiger partial charge is 0.368 e. The average Bonchev–Trinajstić information content (AvgIpc) is 2.30. The lowest BCUT2D eigenvalue weighted by Gasteiger charge is -2.06. The van der Waals surface area contributed by atoms with Crippen molar-refractivity contribution in [2.75, 3.05) is 18.5 Å². The number of nitrogens with zero attached hydrogens (tertiary/aromatic N) is 1. The Kier molecular flexibility index (Phi) is 4.77. The van der Waals surface area contributed by atoms with Gasteiger partial charge < -0.3 is 10.1 Å². The second-order valence-electron chi connectivity index (χ2n) is 3.01. The van der Waals surface area contributed by atoms with Gasteiger partial charge in [-0.05, 0) is 12.1 Å². The number of anilines is 1. The van der Waals surface area contributed by atoms with Crippen molar-refractivity contribution in [1.82, 2.24) is 0 Å². The highest BCUT2D eigenvalue weighted by atomic mass is 16.5. The Hall–Kier alpha value is -2.12. The van der Waals surface area contributed by atoms with Gasteiger partial charge >= 0.3 is 0 Å². The molecular weight excluding hydrogens is 204 g/mol. The zero-order valence-electron chi connectivity index (χ0n) is 8.77. The summed E-state index contributed by atoms with van der Waals surface area (Å²) in [6.45, 7) is 3.75. The molecule has 1 amide bonds. The van der Waals surface area contributed by atoms with Gasteiger partial charge in [-0.15, -0.1) is 6.58 Å². The maximum absolute atomic E-state index is 11.4. The molecule has 1 aromatic rings. The topological polar surface area (TPSA) is 62.1 Å². The van der Waals surface area contributed by atoms with E-state index in [1.807, 2.05) is 6.07 Å². The van der Waals surface area contributed by atoms with Crippen molar-refractivity contribution < 1.29 is 9.53 Å². The van der Waals surface area contributed by atoms with E-state index in [2.05, 4.69) is 11.9 Å². The molecule has 1 N–H and O–H groups in total. The van der Waals surface area contributed by atoms with Crippen LogP contribution in [0.3, 0.4) is 0 Å². The quantitative estimate of drug-likeness (QED) is 0.602. The van der Waals surface area contributed by atoms with Crippen molar-refractivity contribution in [2.45, 2.75) is 0 Å². The molecule has 82 valence electrons. The molecule has 0 saturated carbocycles. The Balaban J connectivity index is 2.56. The van der Waals surface area contributed by atoms with Gasteiger partial charge in [0.25, 0.3) is 0 Å². The number of carbonyl (C=O) groups excluding carboxylic acids is 1. The SMILES string of the molecule is C=CCOCC(=O)Nc1ccccc1C#N. The molecule has 0 bridgehead atoms. The van der Waals surface area contributed by atoms with Gasteiger partial charge in [-0.25, -0.2) is 0 Å². The summed E-state index contributed by atoms with van der Waals surface area (Å²) in [5.41, 5.74) is 0.928. The van der Waals surface area contributed by atoms with Crippen molar-refractivity contribution >= 4 is 11.6 Å². The number of para-hydroxylation sites is 1. The number of carbonyl (C=O) groups is 1. The molecule has 16 heavy (non-hydrogen) atoms. The highest BCUT2D eigenvalue weighted by Crippen LogP contribution is 2.12. The third-order valence-corrected chi connectivity index (χ3v) is 1.79. The van der Waals surface area contributed by atoms with Crippen LogP contribution in [0.2, 0.25) is 0 Å². The minimum atomic E-state index is -0.287. The molecule has 4 nitrogen and oxygen atoms in total. The molecule has 0 atom stereocenters. The maximum atomic E-state index is 11.4. The molecular formula is C12H12N2O2. The van der Waals surface area contributed by atoms with Crippen molar-refractivity contribution in [1.29, 1.82) is 5.26 Å². The standard InChI is InChI=1S/C12H12N2O2/c1-2-7-16-9-12(15)14-11-6-4-3-5-10(11)8-13/h2-6H,1,7,9H2,(H,14,15). The van der Waals surface area contributed by atoms with Crippen molar-refractivity contribution in [3.05, 3.63) is 42.5 Å². The molecule has 0 fully saturated rings. The highest BCUT2D eigenvalue weighted by Gasteiger charge is 2.05. The van der Waals surface area contributed by atoms with Crippen LogP contribution in [-0.4, -0.2) is 19.1 Å². The van der Waals surface area contributed by atoms with Gasteiger partial charge in [0.05, 0.1) is 17.9 Å². The Morgan fingerprint density at radius 1 is 1.56 bits per heavy atom. The second-order valence-corrected chi connectivity index (χ2v) is 3.01. The number of benzene rings is 1. The molecule has 0 spiro atoms. The second kappa shape index (κ2) is 6.38. The lowest BCUT2D eigenvalue weighted by molar-refractivity contribution is -0.120. The fraction of sp³-hybridized carbons (Fsp3) is 0.167. The highest BCUT2D eigenvalue weighted by molar-refractivity contribution is 5.92. The number of ether oxygens (including phenoxy) is 1. The van der Waals surface area contributed by atoms with E-state index < -0.39 is 0 Å². The summed E-state index contributed by atoms with van der Waals surface area (Å²) in [5.74, 6) is -0.287. The van der Waals surface area contributed by atoms with Gasteiger partial charge in [0.15, 0.2) is 0 Å². The fourth-order valence-corrected chi connectivity index (χ4v) is 1.11. The van der Waals surface area contributed by atoms with Crippen LogP contribution < -0.4 is 5.32 Å². The van der Waals surface area contributed by atoms with Gasteiger partial charge in [-0.3, -0.25) is 4.79 Å². The molecule has 0 saturated heterocycles. The van der Waals surface area contributed by atoms with Crippen molar-refractivity contribution in [3.63, 3.8) is 0 Å². The lowest BCUT2D eigenvalue weighted by atomic mass is 10.2. The molecule has 0 aliphatic carbocycles. The molecule has 0 radical (unpaired) electrons. The van der Waals surface area contributed by atoms with E-state index >= 15 is 0 Å². The van der Waals surface area contributed by atoms with Gasteiger partial charge in [0.2, 0.25) is 5.91 Å². The van der Waals surface area contributed by atoms with Crippen LogP contribution in [0.4, 0.5) is 5.69 Å². The van der Waals surface area contributed by atoms with Crippen molar-refractivity contribution in [2.24, 2.45) is 0 Å². The van der Waals surface area contributed by atoms with Gasteiger partial charge in [0, 0.05) is 0 Å². The summed E-state index contributed by atoms with van der Waals surface area (Å²) in [6, 6.07) is 8.80. The first-order valence-corrected chi connectivity index (χ1v) is 4.75. The van der Waals surface area contributed by atoms with Crippen molar-refractivity contribution in [3.8, 4) is 6.07 Å². The van der Waals surface area contributed by atoms with E-state index in [1.54, 1.807) is 30.3 Å². The van der Waals surface area contributed by atoms with E-state index in [-0.39, 0.29) is 12.5 Å². The molecule has 0 heterocycles. The van der Waals surface area contributed by atoms with Gasteiger partial charge in [-0.1, -0.05) is 18.2 Å². The molecule has 0 unspecified atom stereocenters. The van der Waals surface area contributed by atoms with E-state index in [1.165, 1.54) is 0 Å². The summed E-state index contributed by atoms with van der Waals surface area (Å²) in [4.78, 5) is 11.4. The van der Waals surface area contributed by atoms with Crippen LogP contribution in [0, 0.1) is 11.3 Å². The normalized spacial score (nSPS) is 9.19. The lowest BCUT2D eigenvalue weighted by Crippen LogP contribution is -2.18. The molecule has 4 heteroatoms. The minimum absolute atomic E-state index is 0.0498. The molecule has 1 aromatic carbocycles. The number of rotatable bonds is 5. The number of nitriles is 1. The number of hydrogen-bond acceptors (Lipinski definition) is 3. The van der Waals surface area contributed by atoms with Crippen LogP contribution >= 0.6 is 0 Å². The van der Waals surface area contributed by atoms with Gasteiger partial charge in [0.1, 0.15) is 12.7 Å². The number of amides is 1. The molecule has 0 aliphatic rings. The van der Waals surface area contributed by atoms with Crippen LogP contribution in [0.15, 0.2) is 36.9 Å². The number of hydrogen-bond donors (Lipinski definition) is 1. The van der Waals surface area contributed by atoms with E-state index in [0.717, 1.165) is 0 Å². The van der Waals surface area contributed by atoms with Crippen LogP contribution in [0.5, 0.6) is 0 Å². The molecule has 0 aromatic heterocycles. The summed E-state index contributed by atoms with van der Waals surface area (Å²) in [7, 11) is 0. The Morgan fingerprint density at radius 2 is 2.31 bits per heavy atom. The predicted octanol–water partition coefficient (Wildman–Crippen LogP) is 1.70. The Morgan fingerprint density at radius 3 is 3.00 bits per heavy atom. The summed E-state index contributed by atoms with van der Waals surface area (Å²) in [5, 5.41) is 11.4. The van der Waals surface area contributed by atoms with Crippen LogP contribution in [-0.2, 0) is 9.53 Å². The van der Waals surface area contributed by atoms with E-state index in [9.17, 15) is 4.79 Å². The van der Waals surface area contributed by atoms with E-state index in [0.29, 0.717) is 17.9 Å². The first kappa shape index (κ1) is 12.0. The Labute approximate surface area is 94.1 Å². The van der Waals surface area contributed by atoms with Gasteiger partial charge in [-0.2, -0.15) is 5.26 Å². The number of nitrogens with one attached hydrogen (secondary N) is 1. The minimum Gasteiger partial charge on any atom is -0.368 e. The monoisotopic (exact) mass is 216 g/mol. The average molecular weight is 216 g/mol. The Bertz CT molecular complexity index is 421. The molecule has 0 aliphatic heterocycles. The van der Waals surface area contributed by atoms with Crippen LogP contribution in [0.1, 0.15) is 5.56 Å². The first-order chi connectivity index (χ1) is 7.77.